The van der Waals surface area contributed by atoms with Crippen LogP contribution in [0, 0.1) is 0 Å². The van der Waals surface area contributed by atoms with E-state index in [4.69, 9.17) is 4.74 Å². The van der Waals surface area contributed by atoms with Gasteiger partial charge in [0.1, 0.15) is 0 Å². The molecule has 0 aromatic heterocycles. The zero-order valence-electron chi connectivity index (χ0n) is 15.6. The van der Waals surface area contributed by atoms with E-state index in [2.05, 4.69) is 5.32 Å². The fourth-order valence-electron chi connectivity index (χ4n) is 2.94. The minimum absolute atomic E-state index is 0.0683. The van der Waals surface area contributed by atoms with Gasteiger partial charge in [0, 0.05) is 24.4 Å². The van der Waals surface area contributed by atoms with Gasteiger partial charge in [-0.25, -0.2) is 0 Å². The van der Waals surface area contributed by atoms with Crippen LogP contribution in [0.3, 0.4) is 0 Å². The molecule has 0 aliphatic carbocycles. The van der Waals surface area contributed by atoms with E-state index < -0.39 is 5.25 Å². The van der Waals surface area contributed by atoms with Crippen molar-refractivity contribution in [3.63, 3.8) is 0 Å². The lowest BCUT2D eigenvalue weighted by molar-refractivity contribution is -0.142. The molecule has 146 valence electrons. The van der Waals surface area contributed by atoms with Crippen molar-refractivity contribution in [1.29, 1.82) is 0 Å². The Balaban J connectivity index is 1.69. The van der Waals surface area contributed by atoms with Crippen molar-refractivity contribution in [2.75, 3.05) is 19.0 Å². The van der Waals surface area contributed by atoms with Gasteiger partial charge in [-0.15, -0.1) is 11.8 Å². The number of carbonyl (C=O) groups is 3. The molecule has 0 bridgehead atoms. The lowest BCUT2D eigenvalue weighted by Gasteiger charge is -2.27. The van der Waals surface area contributed by atoms with Crippen LogP contribution in [0.15, 0.2) is 59.5 Å². The van der Waals surface area contributed by atoms with Crippen LogP contribution < -0.4 is 5.32 Å². The Labute approximate surface area is 168 Å². The summed E-state index contributed by atoms with van der Waals surface area (Å²) in [7, 11) is 1.33. The molecule has 2 amide bonds. The van der Waals surface area contributed by atoms with Crippen molar-refractivity contribution < 1.29 is 19.1 Å². The van der Waals surface area contributed by atoms with Crippen LogP contribution in [0.25, 0.3) is 0 Å². The highest BCUT2D eigenvalue weighted by atomic mass is 32.2. The molecule has 2 aromatic rings. The number of fused-ring (bicyclic) bond motifs is 1. The second kappa shape index (κ2) is 9.41. The summed E-state index contributed by atoms with van der Waals surface area (Å²) in [4.78, 5) is 39.5. The van der Waals surface area contributed by atoms with Crippen molar-refractivity contribution in [3.05, 3.63) is 60.2 Å². The third-order valence-corrected chi connectivity index (χ3v) is 5.72. The smallest absolute Gasteiger partial charge is 0.307 e. The largest absolute Gasteiger partial charge is 0.469 e. The van der Waals surface area contributed by atoms with E-state index >= 15 is 0 Å². The van der Waals surface area contributed by atoms with Crippen LogP contribution in [0.2, 0.25) is 0 Å². The molecule has 1 aliphatic heterocycles. The molecule has 1 aliphatic rings. The molecule has 1 N–H and O–H groups in total. The zero-order valence-corrected chi connectivity index (χ0v) is 16.4. The Morgan fingerprint density at radius 3 is 2.57 bits per heavy atom. The summed E-state index contributed by atoms with van der Waals surface area (Å²) in [6.45, 7) is 0.627. The second-order valence-electron chi connectivity index (χ2n) is 6.42. The van der Waals surface area contributed by atoms with E-state index in [1.165, 1.54) is 18.9 Å². The maximum atomic E-state index is 13.0. The summed E-state index contributed by atoms with van der Waals surface area (Å²) < 4.78 is 4.69. The molecule has 0 radical (unpaired) electrons. The predicted molar refractivity (Wildman–Crippen MR) is 108 cm³/mol. The number of carbonyl (C=O) groups excluding carboxylic acids is 3. The summed E-state index contributed by atoms with van der Waals surface area (Å²) in [6.07, 6.45) is 0.181. The van der Waals surface area contributed by atoms with Gasteiger partial charge in [0.2, 0.25) is 11.8 Å². The molecule has 0 fully saturated rings. The summed E-state index contributed by atoms with van der Waals surface area (Å²) in [5.41, 5.74) is 1.74. The number of nitrogens with zero attached hydrogens (tertiary/aromatic N) is 1. The monoisotopic (exact) mass is 398 g/mol. The number of hydrogen-bond acceptors (Lipinski definition) is 5. The zero-order chi connectivity index (χ0) is 19.9. The first-order chi connectivity index (χ1) is 13.6. The molecular weight excluding hydrogens is 376 g/mol. The fraction of sp³-hybridized carbons (Fsp3) is 0.286. The van der Waals surface area contributed by atoms with Gasteiger partial charge < -0.3 is 15.0 Å². The van der Waals surface area contributed by atoms with Gasteiger partial charge in [0.25, 0.3) is 0 Å². The van der Waals surface area contributed by atoms with Crippen molar-refractivity contribution in [2.45, 2.75) is 29.5 Å². The Morgan fingerprint density at radius 1 is 1.11 bits per heavy atom. The van der Waals surface area contributed by atoms with Gasteiger partial charge in [-0.2, -0.15) is 0 Å². The molecule has 1 unspecified atom stereocenters. The number of thioether (sulfide) groups is 1. The maximum Gasteiger partial charge on any atom is 0.307 e. The molecule has 3 rings (SSSR count). The first kappa shape index (κ1) is 19.9. The first-order valence-electron chi connectivity index (χ1n) is 9.02. The van der Waals surface area contributed by atoms with Gasteiger partial charge in [-0.3, -0.25) is 14.4 Å². The number of nitrogens with one attached hydrogen (secondary N) is 1. The summed E-state index contributed by atoms with van der Waals surface area (Å²) in [6, 6.07) is 17.1. The van der Waals surface area contributed by atoms with Gasteiger partial charge >= 0.3 is 5.97 Å². The minimum Gasteiger partial charge on any atom is -0.469 e. The van der Waals surface area contributed by atoms with Crippen LogP contribution >= 0.6 is 11.8 Å². The summed E-state index contributed by atoms with van der Waals surface area (Å²) in [5, 5.41) is 2.36. The summed E-state index contributed by atoms with van der Waals surface area (Å²) in [5.74, 6) is -0.714. The van der Waals surface area contributed by atoms with E-state index in [0.717, 1.165) is 16.1 Å². The third kappa shape index (κ3) is 5.13. The molecule has 6 nitrogen and oxygen atoms in total. The van der Waals surface area contributed by atoms with E-state index in [-0.39, 0.29) is 37.2 Å². The van der Waals surface area contributed by atoms with Crippen LogP contribution in [-0.4, -0.2) is 41.6 Å². The van der Waals surface area contributed by atoms with E-state index in [1.54, 1.807) is 4.90 Å². The van der Waals surface area contributed by atoms with Gasteiger partial charge in [-0.1, -0.05) is 42.5 Å². The molecule has 28 heavy (non-hydrogen) atoms. The second-order valence-corrected chi connectivity index (χ2v) is 7.67. The predicted octanol–water partition coefficient (Wildman–Crippen LogP) is 3.08. The van der Waals surface area contributed by atoms with Crippen LogP contribution in [0.1, 0.15) is 18.4 Å². The number of benzene rings is 2. The standard InChI is InChI=1S/C21H22N2O4S/c1-27-20(25)11-12-23(14-15-7-3-2-4-8-15)19(24)13-18-21(26)22-16-9-5-6-10-17(16)28-18/h2-10,18H,11-14H2,1H3,(H,22,26). The van der Waals surface area contributed by atoms with Gasteiger partial charge in [0.05, 0.1) is 24.5 Å². The third-order valence-electron chi connectivity index (χ3n) is 4.45. The van der Waals surface area contributed by atoms with Crippen molar-refractivity contribution >= 4 is 35.2 Å². The van der Waals surface area contributed by atoms with E-state index in [1.807, 2.05) is 54.6 Å². The topological polar surface area (TPSA) is 75.7 Å². The lowest BCUT2D eigenvalue weighted by Crippen LogP contribution is -2.38. The molecule has 7 heteroatoms. The highest BCUT2D eigenvalue weighted by molar-refractivity contribution is 8.01. The Morgan fingerprint density at radius 2 is 1.82 bits per heavy atom. The Hall–Kier alpha value is -2.80. The Kier molecular flexibility index (Phi) is 6.71. The molecule has 0 saturated carbocycles. The average Bonchev–Trinajstić information content (AvgIpc) is 2.72. The number of amides is 2. The fourth-order valence-corrected chi connectivity index (χ4v) is 4.04. The minimum atomic E-state index is -0.501. The summed E-state index contributed by atoms with van der Waals surface area (Å²) >= 11 is 1.39. The highest BCUT2D eigenvalue weighted by Gasteiger charge is 2.30. The molecule has 1 atom stereocenters. The lowest BCUT2D eigenvalue weighted by atomic mass is 10.1. The number of esters is 1. The highest BCUT2D eigenvalue weighted by Crippen LogP contribution is 2.36. The quantitative estimate of drug-likeness (QED) is 0.726. The normalized spacial score (nSPS) is 15.3. The van der Waals surface area contributed by atoms with Crippen molar-refractivity contribution in [2.24, 2.45) is 0 Å². The van der Waals surface area contributed by atoms with E-state index in [0.29, 0.717) is 6.54 Å². The molecular formula is C21H22N2O4S. The number of methoxy groups -OCH3 is 1. The number of hydrogen-bond donors (Lipinski definition) is 1. The van der Waals surface area contributed by atoms with Gasteiger partial charge in [-0.05, 0) is 17.7 Å². The van der Waals surface area contributed by atoms with Crippen LogP contribution in [-0.2, 0) is 25.7 Å². The van der Waals surface area contributed by atoms with E-state index in [9.17, 15) is 14.4 Å². The van der Waals surface area contributed by atoms with Crippen molar-refractivity contribution in [1.82, 2.24) is 4.90 Å². The molecule has 0 saturated heterocycles. The Bertz CT molecular complexity index is 856. The molecule has 2 aromatic carbocycles. The maximum absolute atomic E-state index is 13.0. The van der Waals surface area contributed by atoms with Crippen LogP contribution in [0.5, 0.6) is 0 Å². The van der Waals surface area contributed by atoms with Gasteiger partial charge in [0.15, 0.2) is 0 Å². The molecule has 0 spiro atoms. The number of ether oxygens (including phenoxy) is 1. The number of anilines is 1. The van der Waals surface area contributed by atoms with Crippen LogP contribution in [0.4, 0.5) is 5.69 Å². The number of rotatable bonds is 7. The van der Waals surface area contributed by atoms with Crippen molar-refractivity contribution in [3.8, 4) is 0 Å². The average molecular weight is 398 g/mol. The SMILES string of the molecule is COC(=O)CCN(Cc1ccccc1)C(=O)CC1Sc2ccccc2NC1=O. The first-order valence-corrected chi connectivity index (χ1v) is 9.90. The molecule has 1 heterocycles. The number of para-hydroxylation sites is 1.